The van der Waals surface area contributed by atoms with E-state index < -0.39 is 0 Å². The molecule has 6 heteroatoms. The van der Waals surface area contributed by atoms with Gasteiger partial charge in [0.15, 0.2) is 11.5 Å². The number of benzene rings is 2. The fraction of sp³-hybridized carbons (Fsp3) is 0.292. The van der Waals surface area contributed by atoms with Crippen LogP contribution in [0, 0.1) is 0 Å². The van der Waals surface area contributed by atoms with Crippen molar-refractivity contribution in [3.8, 4) is 17.2 Å². The second-order valence-electron chi connectivity index (χ2n) is 7.16. The molecule has 1 fully saturated rings. The Hall–Kier alpha value is -2.99. The molecule has 2 aromatic carbocycles. The van der Waals surface area contributed by atoms with Crippen molar-refractivity contribution < 1.29 is 19.0 Å². The highest BCUT2D eigenvalue weighted by Crippen LogP contribution is 2.41. The Bertz CT molecular complexity index is 963. The maximum absolute atomic E-state index is 13.4. The van der Waals surface area contributed by atoms with Crippen molar-refractivity contribution in [2.45, 2.75) is 25.5 Å². The second kappa shape index (κ2) is 9.22. The smallest absolute Gasteiger partial charge is 0.254 e. The van der Waals surface area contributed by atoms with Gasteiger partial charge < -0.3 is 19.1 Å². The third-order valence-corrected chi connectivity index (χ3v) is 6.29. The highest BCUT2D eigenvalue weighted by Gasteiger charge is 2.32. The van der Waals surface area contributed by atoms with E-state index in [0.717, 1.165) is 24.9 Å². The molecule has 0 N–H and O–H groups in total. The number of hydrogen-bond acceptors (Lipinski definition) is 5. The molecular weight excluding hydrogens is 398 g/mol. The van der Waals surface area contributed by atoms with Crippen molar-refractivity contribution in [2.24, 2.45) is 0 Å². The molecule has 3 aromatic rings. The van der Waals surface area contributed by atoms with Crippen LogP contribution < -0.4 is 14.2 Å². The summed E-state index contributed by atoms with van der Waals surface area (Å²) in [4.78, 5) is 16.5. The first-order valence-corrected chi connectivity index (χ1v) is 10.9. The lowest BCUT2D eigenvalue weighted by Crippen LogP contribution is -2.30. The number of ether oxygens (including phenoxy) is 3. The van der Waals surface area contributed by atoms with Gasteiger partial charge in [-0.1, -0.05) is 36.4 Å². The molecule has 1 aromatic heterocycles. The third kappa shape index (κ3) is 4.14. The van der Waals surface area contributed by atoms with E-state index in [1.54, 1.807) is 37.7 Å². The van der Waals surface area contributed by atoms with Crippen molar-refractivity contribution in [3.05, 3.63) is 76.0 Å². The fourth-order valence-corrected chi connectivity index (χ4v) is 4.70. The van der Waals surface area contributed by atoms with Gasteiger partial charge in [0.2, 0.25) is 5.75 Å². The van der Waals surface area contributed by atoms with E-state index in [2.05, 4.69) is 11.4 Å². The standard InChI is InChI=1S/C24H25NO4S/c1-27-20-14-18(24(26)25-12-6-10-19(25)22-11-7-13-30-22)15-21(28-2)23(20)29-16-17-8-4-3-5-9-17/h3-5,7-9,11,13-15,19H,6,10,12,16H2,1-2H3. The lowest BCUT2D eigenvalue weighted by Gasteiger charge is -2.25. The molecule has 4 rings (SSSR count). The summed E-state index contributed by atoms with van der Waals surface area (Å²) in [6.07, 6.45) is 1.99. The van der Waals surface area contributed by atoms with Gasteiger partial charge in [0.05, 0.1) is 20.3 Å². The highest BCUT2D eigenvalue weighted by atomic mass is 32.1. The summed E-state index contributed by atoms with van der Waals surface area (Å²) in [5.74, 6) is 1.45. The zero-order valence-electron chi connectivity index (χ0n) is 17.2. The summed E-state index contributed by atoms with van der Waals surface area (Å²) < 4.78 is 17.1. The number of amides is 1. The van der Waals surface area contributed by atoms with Crippen LogP contribution in [0.25, 0.3) is 0 Å². The number of rotatable bonds is 7. The van der Waals surface area contributed by atoms with Gasteiger partial charge in [-0.05, 0) is 42.0 Å². The Balaban J connectivity index is 1.60. The predicted molar refractivity (Wildman–Crippen MR) is 118 cm³/mol. The van der Waals surface area contributed by atoms with Crippen LogP contribution in [0.3, 0.4) is 0 Å². The Labute approximate surface area is 180 Å². The van der Waals surface area contributed by atoms with Gasteiger partial charge in [0.25, 0.3) is 5.91 Å². The first-order valence-electron chi connectivity index (χ1n) is 9.98. The Kier molecular flexibility index (Phi) is 6.23. The maximum atomic E-state index is 13.4. The number of hydrogen-bond donors (Lipinski definition) is 0. The van der Waals surface area contributed by atoms with Gasteiger partial charge in [-0.15, -0.1) is 11.3 Å². The number of likely N-dealkylation sites (tertiary alicyclic amines) is 1. The molecule has 0 bridgehead atoms. The van der Waals surface area contributed by atoms with Crippen LogP contribution in [0.15, 0.2) is 60.0 Å². The fourth-order valence-electron chi connectivity index (χ4n) is 3.83. The Morgan fingerprint density at radius 2 is 1.80 bits per heavy atom. The van der Waals surface area contributed by atoms with E-state index >= 15 is 0 Å². The maximum Gasteiger partial charge on any atom is 0.254 e. The van der Waals surface area contributed by atoms with Crippen LogP contribution in [-0.4, -0.2) is 31.6 Å². The summed E-state index contributed by atoms with van der Waals surface area (Å²) >= 11 is 1.70. The summed E-state index contributed by atoms with van der Waals surface area (Å²) in [7, 11) is 3.14. The van der Waals surface area contributed by atoms with Gasteiger partial charge in [0.1, 0.15) is 6.61 Å². The van der Waals surface area contributed by atoms with E-state index in [1.807, 2.05) is 41.3 Å². The molecule has 0 aliphatic carbocycles. The molecule has 5 nitrogen and oxygen atoms in total. The average Bonchev–Trinajstić information content (AvgIpc) is 3.49. The molecule has 1 atom stereocenters. The quantitative estimate of drug-likeness (QED) is 0.516. The zero-order chi connectivity index (χ0) is 20.9. The molecule has 156 valence electrons. The Morgan fingerprint density at radius 1 is 1.07 bits per heavy atom. The van der Waals surface area contributed by atoms with Gasteiger partial charge in [-0.25, -0.2) is 0 Å². The van der Waals surface area contributed by atoms with Crippen LogP contribution in [-0.2, 0) is 6.61 Å². The molecular formula is C24H25NO4S. The first-order chi connectivity index (χ1) is 14.7. The molecule has 0 radical (unpaired) electrons. The number of nitrogens with zero attached hydrogens (tertiary/aromatic N) is 1. The van der Waals surface area contributed by atoms with Crippen LogP contribution in [0.5, 0.6) is 17.2 Å². The van der Waals surface area contributed by atoms with Gasteiger partial charge in [-0.2, -0.15) is 0 Å². The van der Waals surface area contributed by atoms with Crippen LogP contribution in [0.1, 0.15) is 39.7 Å². The van der Waals surface area contributed by atoms with Crippen LogP contribution in [0.2, 0.25) is 0 Å². The predicted octanol–water partition coefficient (Wildman–Crippen LogP) is 5.32. The summed E-state index contributed by atoms with van der Waals surface area (Å²) in [6, 6.07) is 17.6. The summed E-state index contributed by atoms with van der Waals surface area (Å²) in [5, 5.41) is 2.06. The average molecular weight is 424 g/mol. The summed E-state index contributed by atoms with van der Waals surface area (Å²) in [5.41, 5.74) is 1.58. The number of methoxy groups -OCH3 is 2. The summed E-state index contributed by atoms with van der Waals surface area (Å²) in [6.45, 7) is 1.13. The molecule has 1 saturated heterocycles. The zero-order valence-corrected chi connectivity index (χ0v) is 18.0. The van der Waals surface area contributed by atoms with E-state index in [4.69, 9.17) is 14.2 Å². The molecule has 1 unspecified atom stereocenters. The Morgan fingerprint density at radius 3 is 2.43 bits per heavy atom. The van der Waals surface area contributed by atoms with Gasteiger partial charge in [0, 0.05) is 17.0 Å². The molecule has 1 aliphatic rings. The molecule has 1 aliphatic heterocycles. The van der Waals surface area contributed by atoms with Crippen molar-refractivity contribution in [3.63, 3.8) is 0 Å². The van der Waals surface area contributed by atoms with E-state index in [-0.39, 0.29) is 11.9 Å². The topological polar surface area (TPSA) is 48.0 Å². The van der Waals surface area contributed by atoms with Crippen LogP contribution in [0.4, 0.5) is 0 Å². The minimum absolute atomic E-state index is 0.0166. The minimum Gasteiger partial charge on any atom is -0.493 e. The van der Waals surface area contributed by atoms with E-state index in [9.17, 15) is 4.79 Å². The van der Waals surface area contributed by atoms with Crippen LogP contribution >= 0.6 is 11.3 Å². The van der Waals surface area contributed by atoms with Crippen molar-refractivity contribution >= 4 is 17.2 Å². The largest absolute Gasteiger partial charge is 0.493 e. The van der Waals surface area contributed by atoms with Gasteiger partial charge in [-0.3, -0.25) is 4.79 Å². The third-order valence-electron chi connectivity index (χ3n) is 5.32. The van der Waals surface area contributed by atoms with Crippen molar-refractivity contribution in [2.75, 3.05) is 20.8 Å². The SMILES string of the molecule is COc1cc(C(=O)N2CCCC2c2cccs2)cc(OC)c1OCc1ccccc1. The lowest BCUT2D eigenvalue weighted by molar-refractivity contribution is 0.0737. The number of carbonyl (C=O) groups excluding carboxylic acids is 1. The first kappa shape index (κ1) is 20.3. The molecule has 30 heavy (non-hydrogen) atoms. The van der Waals surface area contributed by atoms with Crippen molar-refractivity contribution in [1.82, 2.24) is 4.90 Å². The number of carbonyl (C=O) groups is 1. The normalized spacial score (nSPS) is 15.8. The minimum atomic E-state index is -0.0166. The second-order valence-corrected chi connectivity index (χ2v) is 8.14. The molecule has 0 saturated carbocycles. The van der Waals surface area contributed by atoms with E-state index in [0.29, 0.717) is 29.4 Å². The molecule has 0 spiro atoms. The molecule has 2 heterocycles. The lowest BCUT2D eigenvalue weighted by atomic mass is 10.1. The number of thiophene rings is 1. The molecule has 1 amide bonds. The highest BCUT2D eigenvalue weighted by molar-refractivity contribution is 7.10. The van der Waals surface area contributed by atoms with Crippen molar-refractivity contribution in [1.29, 1.82) is 0 Å². The monoisotopic (exact) mass is 423 g/mol. The van der Waals surface area contributed by atoms with E-state index in [1.165, 1.54) is 4.88 Å². The van der Waals surface area contributed by atoms with Gasteiger partial charge >= 0.3 is 0 Å².